The predicted molar refractivity (Wildman–Crippen MR) is 243 cm³/mol. The number of benzene rings is 1. The van der Waals surface area contributed by atoms with Gasteiger partial charge in [0, 0.05) is 0 Å². The highest BCUT2D eigenvalue weighted by Crippen LogP contribution is 2.20. The summed E-state index contributed by atoms with van der Waals surface area (Å²) in [5, 5.41) is 0. The SMILES string of the molecule is CCCCCCCCCCCCCCC/C=C/CCCCOC(=O)c1ccc(S(=O)(=O)O)cc1C(=O)OCCCC/C=C/CCCCCCCCCCCCCCC. The molecule has 0 aliphatic rings. The molecule has 1 aromatic rings. The van der Waals surface area contributed by atoms with E-state index in [0.717, 1.165) is 50.7 Å². The lowest BCUT2D eigenvalue weighted by Crippen LogP contribution is -2.16. The Hall–Kier alpha value is -2.45. The zero-order valence-electron chi connectivity index (χ0n) is 37.3. The molecule has 0 saturated carbocycles. The van der Waals surface area contributed by atoms with E-state index in [-0.39, 0.29) is 24.3 Å². The number of carbonyl (C=O) groups excluding carboxylic acids is 2. The first-order chi connectivity index (χ1) is 28.3. The highest BCUT2D eigenvalue weighted by atomic mass is 32.2. The maximum absolute atomic E-state index is 13.0. The fraction of sp³-hybridized carbons (Fsp3) is 0.760. The predicted octanol–water partition coefficient (Wildman–Crippen LogP) is 15.7. The van der Waals surface area contributed by atoms with Crippen molar-refractivity contribution >= 4 is 22.1 Å². The average molecular weight is 831 g/mol. The number of rotatable bonds is 41. The van der Waals surface area contributed by atoms with E-state index in [9.17, 15) is 22.6 Å². The Morgan fingerprint density at radius 1 is 0.448 bits per heavy atom. The highest BCUT2D eigenvalue weighted by molar-refractivity contribution is 7.85. The van der Waals surface area contributed by atoms with Crippen LogP contribution in [0, 0.1) is 0 Å². The lowest BCUT2D eigenvalue weighted by Gasteiger charge is -2.11. The van der Waals surface area contributed by atoms with E-state index in [2.05, 4.69) is 38.2 Å². The third-order valence-corrected chi connectivity index (χ3v) is 11.9. The summed E-state index contributed by atoms with van der Waals surface area (Å²) in [5.41, 5.74) is -0.305. The van der Waals surface area contributed by atoms with Crippen LogP contribution in [0.25, 0.3) is 0 Å². The first kappa shape index (κ1) is 53.6. The number of hydrogen-bond donors (Lipinski definition) is 1. The Morgan fingerprint density at radius 3 is 1.07 bits per heavy atom. The molecule has 7 nitrogen and oxygen atoms in total. The number of carbonyl (C=O) groups is 2. The second-order valence-electron chi connectivity index (χ2n) is 16.5. The second kappa shape index (κ2) is 38.7. The molecule has 0 saturated heterocycles. The molecular formula is C50H86O7S. The monoisotopic (exact) mass is 831 g/mol. The normalized spacial score (nSPS) is 11.9. The third-order valence-electron chi connectivity index (χ3n) is 11.0. The van der Waals surface area contributed by atoms with E-state index in [4.69, 9.17) is 9.47 Å². The van der Waals surface area contributed by atoms with Gasteiger partial charge in [0.2, 0.25) is 0 Å². The van der Waals surface area contributed by atoms with Crippen molar-refractivity contribution in [3.05, 3.63) is 53.6 Å². The summed E-state index contributed by atoms with van der Waals surface area (Å²) in [6.07, 6.45) is 51.2. The van der Waals surface area contributed by atoms with Crippen molar-refractivity contribution < 1.29 is 32.0 Å². The number of unbranched alkanes of at least 4 members (excludes halogenated alkanes) is 30. The zero-order chi connectivity index (χ0) is 42.2. The first-order valence-corrected chi connectivity index (χ1v) is 25.5. The van der Waals surface area contributed by atoms with Crippen molar-refractivity contribution in [2.24, 2.45) is 0 Å². The molecular weight excluding hydrogens is 745 g/mol. The van der Waals surface area contributed by atoms with Crippen LogP contribution in [0.5, 0.6) is 0 Å². The molecule has 334 valence electrons. The van der Waals surface area contributed by atoms with Crippen molar-refractivity contribution in [1.29, 1.82) is 0 Å². The number of ether oxygens (including phenoxy) is 2. The Labute approximate surface area is 356 Å². The summed E-state index contributed by atoms with van der Waals surface area (Å²) in [4.78, 5) is 25.4. The summed E-state index contributed by atoms with van der Waals surface area (Å²) in [7, 11) is -4.58. The summed E-state index contributed by atoms with van der Waals surface area (Å²) in [6.45, 7) is 4.87. The molecule has 0 aromatic heterocycles. The van der Waals surface area contributed by atoms with Crippen LogP contribution in [-0.4, -0.2) is 38.1 Å². The molecule has 0 radical (unpaired) electrons. The van der Waals surface area contributed by atoms with Crippen molar-refractivity contribution in [2.75, 3.05) is 13.2 Å². The minimum Gasteiger partial charge on any atom is -0.462 e. The minimum absolute atomic E-state index is 0.0776. The quantitative estimate of drug-likeness (QED) is 0.0303. The average Bonchev–Trinajstić information content (AvgIpc) is 3.21. The van der Waals surface area contributed by atoms with Crippen LogP contribution < -0.4 is 0 Å². The van der Waals surface area contributed by atoms with Gasteiger partial charge in [0.1, 0.15) is 0 Å². The zero-order valence-corrected chi connectivity index (χ0v) is 38.1. The number of allylic oxidation sites excluding steroid dienone is 4. The van der Waals surface area contributed by atoms with Gasteiger partial charge in [0.15, 0.2) is 0 Å². The topological polar surface area (TPSA) is 107 Å². The van der Waals surface area contributed by atoms with Crippen LogP contribution in [0.2, 0.25) is 0 Å². The fourth-order valence-electron chi connectivity index (χ4n) is 7.28. The van der Waals surface area contributed by atoms with Crippen molar-refractivity contribution in [1.82, 2.24) is 0 Å². The molecule has 0 fully saturated rings. The lowest BCUT2D eigenvalue weighted by molar-refractivity contribution is 0.0451. The Kier molecular flexibility index (Phi) is 35.8. The van der Waals surface area contributed by atoms with Gasteiger partial charge >= 0.3 is 11.9 Å². The summed E-state index contributed by atoms with van der Waals surface area (Å²) in [6, 6.07) is 3.27. The van der Waals surface area contributed by atoms with E-state index in [1.54, 1.807) is 0 Å². The van der Waals surface area contributed by atoms with Crippen LogP contribution in [0.4, 0.5) is 0 Å². The molecule has 0 bridgehead atoms. The fourth-order valence-corrected chi connectivity index (χ4v) is 7.78. The molecule has 0 heterocycles. The van der Waals surface area contributed by atoms with Crippen LogP contribution in [0.1, 0.15) is 253 Å². The standard InChI is InChI=1S/C50H86O7S/c1-3-5-7-9-11-13-15-17-19-21-23-25-27-29-31-33-35-37-39-43-56-49(51)47-42-41-46(58(53,54)55)45-48(47)50(52)57-44-40-38-36-34-32-30-28-26-24-22-20-18-16-14-12-10-8-6-4-2/h31-34,41-42,45H,3-30,35-40,43-44H2,1-2H3,(H,53,54,55)/b33-31+,34-32+. The van der Waals surface area contributed by atoms with Gasteiger partial charge in [-0.25, -0.2) is 9.59 Å². The van der Waals surface area contributed by atoms with E-state index in [1.165, 1.54) is 173 Å². The van der Waals surface area contributed by atoms with Crippen molar-refractivity contribution in [3.63, 3.8) is 0 Å². The van der Waals surface area contributed by atoms with Gasteiger partial charge < -0.3 is 9.47 Å². The van der Waals surface area contributed by atoms with Crippen LogP contribution in [0.15, 0.2) is 47.4 Å². The molecule has 0 aliphatic carbocycles. The van der Waals surface area contributed by atoms with Crippen LogP contribution in [0.3, 0.4) is 0 Å². The minimum atomic E-state index is -4.58. The lowest BCUT2D eigenvalue weighted by atomic mass is 10.0. The second-order valence-corrected chi connectivity index (χ2v) is 17.9. The Bertz CT molecular complexity index is 1300. The van der Waals surface area contributed by atoms with E-state index >= 15 is 0 Å². The maximum atomic E-state index is 13.0. The molecule has 0 aliphatic heterocycles. The molecule has 0 atom stereocenters. The van der Waals surface area contributed by atoms with Crippen molar-refractivity contribution in [2.45, 2.75) is 237 Å². The molecule has 0 spiro atoms. The summed E-state index contributed by atoms with van der Waals surface area (Å²) >= 11 is 0. The molecule has 58 heavy (non-hydrogen) atoms. The largest absolute Gasteiger partial charge is 0.462 e. The van der Waals surface area contributed by atoms with Crippen LogP contribution >= 0.6 is 0 Å². The number of esters is 2. The van der Waals surface area contributed by atoms with Gasteiger partial charge in [0.05, 0.1) is 29.2 Å². The number of hydrogen-bond acceptors (Lipinski definition) is 6. The molecule has 1 aromatic carbocycles. The van der Waals surface area contributed by atoms with Gasteiger partial charge in [-0.1, -0.05) is 192 Å². The van der Waals surface area contributed by atoms with Gasteiger partial charge in [-0.05, 0) is 82.4 Å². The Balaban J connectivity index is 2.20. The van der Waals surface area contributed by atoms with Gasteiger partial charge in [-0.15, -0.1) is 0 Å². The highest BCUT2D eigenvalue weighted by Gasteiger charge is 2.23. The molecule has 1 N–H and O–H groups in total. The molecule has 1 rings (SSSR count). The van der Waals surface area contributed by atoms with Gasteiger partial charge in [-0.3, -0.25) is 4.55 Å². The van der Waals surface area contributed by atoms with E-state index < -0.39 is 27.0 Å². The van der Waals surface area contributed by atoms with Gasteiger partial charge in [0.25, 0.3) is 10.1 Å². The molecule has 8 heteroatoms. The van der Waals surface area contributed by atoms with E-state index in [1.807, 2.05) is 0 Å². The Morgan fingerprint density at radius 2 is 0.741 bits per heavy atom. The van der Waals surface area contributed by atoms with Gasteiger partial charge in [-0.2, -0.15) is 8.42 Å². The van der Waals surface area contributed by atoms with E-state index in [0.29, 0.717) is 12.8 Å². The summed E-state index contributed by atoms with van der Waals surface area (Å²) < 4.78 is 44.0. The van der Waals surface area contributed by atoms with Crippen molar-refractivity contribution in [3.8, 4) is 0 Å². The smallest absolute Gasteiger partial charge is 0.339 e. The maximum Gasteiger partial charge on any atom is 0.339 e. The third kappa shape index (κ3) is 31.5. The summed E-state index contributed by atoms with van der Waals surface area (Å²) in [5.74, 6) is -1.54. The first-order valence-electron chi connectivity index (χ1n) is 24.1. The molecule has 0 unspecified atom stereocenters. The molecule has 0 amide bonds. The van der Waals surface area contributed by atoms with Crippen LogP contribution in [-0.2, 0) is 19.6 Å².